The van der Waals surface area contributed by atoms with Gasteiger partial charge in [0.25, 0.3) is 0 Å². The van der Waals surface area contributed by atoms with E-state index in [4.69, 9.17) is 14.2 Å². The van der Waals surface area contributed by atoms with Crippen molar-refractivity contribution < 1.29 is 28.6 Å². The zero-order valence-electron chi connectivity index (χ0n) is 45.2. The van der Waals surface area contributed by atoms with Gasteiger partial charge in [0.15, 0.2) is 6.10 Å². The van der Waals surface area contributed by atoms with Crippen LogP contribution in [0, 0.1) is 0 Å². The SMILES string of the molecule is CC\C=C/C=C\C=C/C=C\CCCCCCCC(=O)OCC(COC(=O)CC/C=C\C/C=C\C/C=C\C/C=C\C/C=C\C/C=C\CC)OC(=O)CCCCCCCCCCC/C=C\C/C=C\C/C=C\CC. The lowest BCUT2D eigenvalue weighted by Crippen LogP contribution is -2.30. The van der Waals surface area contributed by atoms with Crippen molar-refractivity contribution >= 4 is 17.9 Å². The summed E-state index contributed by atoms with van der Waals surface area (Å²) in [5, 5.41) is 0. The van der Waals surface area contributed by atoms with Crippen molar-refractivity contribution in [1.82, 2.24) is 0 Å². The first-order valence-electron chi connectivity index (χ1n) is 28.0. The van der Waals surface area contributed by atoms with Crippen LogP contribution in [0.4, 0.5) is 0 Å². The van der Waals surface area contributed by atoms with Gasteiger partial charge >= 0.3 is 17.9 Å². The third-order valence-corrected chi connectivity index (χ3v) is 11.1. The molecule has 0 spiro atoms. The van der Waals surface area contributed by atoms with Gasteiger partial charge in [0.1, 0.15) is 13.2 Å². The zero-order chi connectivity index (χ0) is 51.4. The van der Waals surface area contributed by atoms with Gasteiger partial charge in [-0.15, -0.1) is 0 Å². The lowest BCUT2D eigenvalue weighted by molar-refractivity contribution is -0.166. The number of carbonyl (C=O) groups excluding carboxylic acids is 3. The lowest BCUT2D eigenvalue weighted by Gasteiger charge is -2.18. The van der Waals surface area contributed by atoms with Crippen LogP contribution in [0.15, 0.2) is 158 Å². The number of allylic oxidation sites excluding steroid dienone is 26. The molecule has 0 heterocycles. The summed E-state index contributed by atoms with van der Waals surface area (Å²) in [6.45, 7) is 6.17. The van der Waals surface area contributed by atoms with Crippen LogP contribution in [0.1, 0.15) is 213 Å². The molecule has 0 N–H and O–H groups in total. The Bertz CT molecular complexity index is 1640. The van der Waals surface area contributed by atoms with Crippen molar-refractivity contribution in [2.75, 3.05) is 13.2 Å². The minimum atomic E-state index is -0.830. The first kappa shape index (κ1) is 66.0. The molecule has 0 aromatic heterocycles. The average molecular weight is 978 g/mol. The van der Waals surface area contributed by atoms with Gasteiger partial charge in [0, 0.05) is 19.3 Å². The van der Waals surface area contributed by atoms with Crippen molar-refractivity contribution in [3.05, 3.63) is 158 Å². The van der Waals surface area contributed by atoms with E-state index in [0.29, 0.717) is 19.3 Å². The minimum absolute atomic E-state index is 0.123. The quantitative estimate of drug-likeness (QED) is 0.0199. The van der Waals surface area contributed by atoms with Crippen molar-refractivity contribution in [2.45, 2.75) is 219 Å². The molecule has 0 aliphatic carbocycles. The Morgan fingerprint density at radius 2 is 0.606 bits per heavy atom. The summed E-state index contributed by atoms with van der Waals surface area (Å²) in [6, 6.07) is 0. The molecule has 0 bridgehead atoms. The van der Waals surface area contributed by atoms with Crippen LogP contribution in [-0.2, 0) is 28.6 Å². The van der Waals surface area contributed by atoms with E-state index >= 15 is 0 Å². The normalized spacial score (nSPS) is 13.3. The van der Waals surface area contributed by atoms with Gasteiger partial charge in [0.2, 0.25) is 0 Å². The second kappa shape index (κ2) is 57.6. The summed E-state index contributed by atoms with van der Waals surface area (Å²) in [6.07, 6.45) is 83.8. The average Bonchev–Trinajstić information content (AvgIpc) is 3.37. The predicted octanol–water partition coefficient (Wildman–Crippen LogP) is 19.0. The zero-order valence-corrected chi connectivity index (χ0v) is 45.2. The number of rotatable bonds is 48. The lowest BCUT2D eigenvalue weighted by atomic mass is 10.1. The Morgan fingerprint density at radius 3 is 1.04 bits per heavy atom. The number of esters is 3. The van der Waals surface area contributed by atoms with Gasteiger partial charge in [-0.2, -0.15) is 0 Å². The van der Waals surface area contributed by atoms with E-state index in [-0.39, 0.29) is 37.5 Å². The van der Waals surface area contributed by atoms with Crippen LogP contribution in [0.3, 0.4) is 0 Å². The maximum Gasteiger partial charge on any atom is 0.306 e. The van der Waals surface area contributed by atoms with Crippen LogP contribution < -0.4 is 0 Å². The molecule has 0 saturated carbocycles. The van der Waals surface area contributed by atoms with E-state index < -0.39 is 6.10 Å². The third-order valence-electron chi connectivity index (χ3n) is 11.1. The van der Waals surface area contributed by atoms with Crippen molar-refractivity contribution in [3.8, 4) is 0 Å². The minimum Gasteiger partial charge on any atom is -0.462 e. The topological polar surface area (TPSA) is 78.9 Å². The molecule has 0 saturated heterocycles. The van der Waals surface area contributed by atoms with Crippen LogP contribution in [0.25, 0.3) is 0 Å². The highest BCUT2D eigenvalue weighted by Gasteiger charge is 2.19. The first-order chi connectivity index (χ1) is 35.0. The number of carbonyl (C=O) groups is 3. The maximum atomic E-state index is 12.9. The van der Waals surface area contributed by atoms with Gasteiger partial charge in [-0.3, -0.25) is 14.4 Å². The van der Waals surface area contributed by atoms with E-state index in [1.54, 1.807) is 0 Å². The number of hydrogen-bond acceptors (Lipinski definition) is 6. The molecule has 0 amide bonds. The highest BCUT2D eigenvalue weighted by atomic mass is 16.6. The highest BCUT2D eigenvalue weighted by molar-refractivity contribution is 5.71. The van der Waals surface area contributed by atoms with E-state index in [1.165, 1.54) is 38.5 Å². The Labute approximate surface area is 435 Å². The molecule has 6 nitrogen and oxygen atoms in total. The smallest absolute Gasteiger partial charge is 0.306 e. The molecule has 0 aromatic rings. The standard InChI is InChI=1S/C65H100O6/c1-4-7-10-13-16-19-22-25-28-30-32-34-37-40-43-46-49-52-55-58-64(67)70-61-62(60-69-63(66)57-54-51-48-45-42-39-36-27-24-21-18-15-12-9-6-3)71-65(68)59-56-53-50-47-44-41-38-35-33-31-29-26-23-20-17-14-11-8-5-2/h7-12,15-21,24-29,32,34,36,40,43,49,52,62H,4-6,13-14,22-23,30-31,33,35,37-39,41-42,44-48,50-51,53-61H2,1-3H3/b10-7-,11-8-,12-9-,18-15-,19-16-,20-17-,24-21-,28-25-,29-26-,34-32-,36-27-,43-40-,52-49-. The summed E-state index contributed by atoms with van der Waals surface area (Å²) < 4.78 is 16.8. The molecule has 0 aliphatic heterocycles. The van der Waals surface area contributed by atoms with Crippen LogP contribution in [0.2, 0.25) is 0 Å². The van der Waals surface area contributed by atoms with E-state index in [2.05, 4.69) is 142 Å². The summed E-state index contributed by atoms with van der Waals surface area (Å²) in [7, 11) is 0. The molecule has 0 aliphatic rings. The highest BCUT2D eigenvalue weighted by Crippen LogP contribution is 2.14. The molecule has 0 fully saturated rings. The summed E-state index contributed by atoms with van der Waals surface area (Å²) in [5.41, 5.74) is 0. The molecule has 1 unspecified atom stereocenters. The van der Waals surface area contributed by atoms with E-state index in [9.17, 15) is 14.4 Å². The van der Waals surface area contributed by atoms with Crippen molar-refractivity contribution in [1.29, 1.82) is 0 Å². The second-order valence-electron chi connectivity index (χ2n) is 17.8. The summed E-state index contributed by atoms with van der Waals surface area (Å²) in [4.78, 5) is 38.1. The van der Waals surface area contributed by atoms with E-state index in [0.717, 1.165) is 128 Å². The Hall–Kier alpha value is -4.97. The molecule has 0 aromatic carbocycles. The summed E-state index contributed by atoms with van der Waals surface area (Å²) >= 11 is 0. The number of unbranched alkanes of at least 4 members (excludes halogenated alkanes) is 14. The molecule has 0 rings (SSSR count). The molecular weight excluding hydrogens is 877 g/mol. The van der Waals surface area contributed by atoms with Crippen LogP contribution in [0.5, 0.6) is 0 Å². The fourth-order valence-electron chi connectivity index (χ4n) is 7.02. The van der Waals surface area contributed by atoms with Gasteiger partial charge < -0.3 is 14.2 Å². The fraction of sp³-hybridized carbons (Fsp3) is 0.554. The maximum absolute atomic E-state index is 12.9. The monoisotopic (exact) mass is 977 g/mol. The van der Waals surface area contributed by atoms with Crippen LogP contribution in [-0.4, -0.2) is 37.2 Å². The Balaban J connectivity index is 4.57. The molecule has 0 radical (unpaired) electrons. The second-order valence-corrected chi connectivity index (χ2v) is 17.8. The molecule has 6 heteroatoms. The van der Waals surface area contributed by atoms with Crippen molar-refractivity contribution in [3.63, 3.8) is 0 Å². The molecular formula is C65H100O6. The molecule has 71 heavy (non-hydrogen) atoms. The Kier molecular flexibility index (Phi) is 53.6. The molecule has 396 valence electrons. The predicted molar refractivity (Wildman–Crippen MR) is 306 cm³/mol. The largest absolute Gasteiger partial charge is 0.462 e. The van der Waals surface area contributed by atoms with Gasteiger partial charge in [0.05, 0.1) is 0 Å². The fourth-order valence-corrected chi connectivity index (χ4v) is 7.02. The van der Waals surface area contributed by atoms with E-state index in [1.807, 2.05) is 36.5 Å². The van der Waals surface area contributed by atoms with Crippen molar-refractivity contribution in [2.24, 2.45) is 0 Å². The van der Waals surface area contributed by atoms with Gasteiger partial charge in [-0.25, -0.2) is 0 Å². The summed E-state index contributed by atoms with van der Waals surface area (Å²) in [5.74, 6) is -1.05. The number of hydrogen-bond donors (Lipinski definition) is 0. The first-order valence-corrected chi connectivity index (χ1v) is 28.0. The third kappa shape index (κ3) is 55.8. The van der Waals surface area contributed by atoms with Crippen LogP contribution >= 0.6 is 0 Å². The van der Waals surface area contributed by atoms with Gasteiger partial charge in [-0.1, -0.05) is 243 Å². The van der Waals surface area contributed by atoms with Gasteiger partial charge in [-0.05, 0) is 109 Å². The molecule has 1 atom stereocenters. The Morgan fingerprint density at radius 1 is 0.296 bits per heavy atom. The number of ether oxygens (including phenoxy) is 3.